The highest BCUT2D eigenvalue weighted by molar-refractivity contribution is 7.09. The Morgan fingerprint density at radius 1 is 1.40 bits per heavy atom. The zero-order valence-electron chi connectivity index (χ0n) is 10.6. The number of benzene rings is 1. The van der Waals surface area contributed by atoms with Crippen LogP contribution in [0.15, 0.2) is 29.6 Å². The van der Waals surface area contributed by atoms with Crippen LogP contribution in [0.25, 0.3) is 0 Å². The minimum Gasteiger partial charge on any atom is -0.486 e. The van der Waals surface area contributed by atoms with Gasteiger partial charge in [-0.15, -0.1) is 11.3 Å². The summed E-state index contributed by atoms with van der Waals surface area (Å²) in [6.07, 6.45) is 2.10. The molecule has 1 amide bonds. The van der Waals surface area contributed by atoms with Gasteiger partial charge in [-0.2, -0.15) is 0 Å². The van der Waals surface area contributed by atoms with E-state index in [1.165, 1.54) is 23.5 Å². The molecule has 104 valence electrons. The maximum Gasteiger partial charge on any atom is 0.270 e. The molecule has 1 aliphatic carbocycles. The van der Waals surface area contributed by atoms with Crippen molar-refractivity contribution in [2.75, 3.05) is 0 Å². The zero-order chi connectivity index (χ0) is 13.9. The Labute approximate surface area is 119 Å². The lowest BCUT2D eigenvalue weighted by atomic mass is 10.3. The maximum absolute atomic E-state index is 12.7. The number of rotatable bonds is 5. The smallest absolute Gasteiger partial charge is 0.270 e. The molecule has 0 spiro atoms. The standard InChI is InChI=1S/C14H13FN2O2S/c15-9-1-5-11(6-2-9)19-7-13-17-12(8-20-13)14(18)16-10-3-4-10/h1-2,5-6,8,10H,3-4,7H2,(H,16,18). The first-order valence-corrected chi connectivity index (χ1v) is 7.22. The molecule has 20 heavy (non-hydrogen) atoms. The maximum atomic E-state index is 12.7. The van der Waals surface area contributed by atoms with E-state index in [0.29, 0.717) is 17.5 Å². The molecule has 2 aromatic rings. The van der Waals surface area contributed by atoms with E-state index in [-0.39, 0.29) is 18.3 Å². The molecule has 1 N–H and O–H groups in total. The molecule has 0 unspecified atom stereocenters. The molecule has 1 aliphatic rings. The van der Waals surface area contributed by atoms with Crippen LogP contribution in [0.2, 0.25) is 0 Å². The van der Waals surface area contributed by atoms with Gasteiger partial charge in [-0.1, -0.05) is 0 Å². The minimum atomic E-state index is -0.300. The van der Waals surface area contributed by atoms with Gasteiger partial charge >= 0.3 is 0 Å². The van der Waals surface area contributed by atoms with Gasteiger partial charge in [-0.25, -0.2) is 9.37 Å². The van der Waals surface area contributed by atoms with Gasteiger partial charge in [0.25, 0.3) is 5.91 Å². The fourth-order valence-electron chi connectivity index (χ4n) is 1.64. The third-order valence-corrected chi connectivity index (χ3v) is 3.70. The van der Waals surface area contributed by atoms with E-state index in [2.05, 4.69) is 10.3 Å². The molecule has 0 radical (unpaired) electrons. The average Bonchev–Trinajstić information content (AvgIpc) is 3.13. The molecule has 3 rings (SSSR count). The molecule has 0 atom stereocenters. The molecule has 0 aliphatic heterocycles. The molecule has 1 heterocycles. The van der Waals surface area contributed by atoms with Crippen molar-refractivity contribution in [2.24, 2.45) is 0 Å². The molecule has 1 aromatic heterocycles. The fraction of sp³-hybridized carbons (Fsp3) is 0.286. The molecule has 6 heteroatoms. The van der Waals surface area contributed by atoms with Crippen molar-refractivity contribution < 1.29 is 13.9 Å². The highest BCUT2D eigenvalue weighted by atomic mass is 32.1. The first-order valence-electron chi connectivity index (χ1n) is 6.34. The van der Waals surface area contributed by atoms with Crippen molar-refractivity contribution in [3.8, 4) is 5.75 Å². The van der Waals surface area contributed by atoms with Gasteiger partial charge in [0.15, 0.2) is 0 Å². The van der Waals surface area contributed by atoms with Crippen LogP contribution in [0.1, 0.15) is 28.3 Å². The number of aromatic nitrogens is 1. The van der Waals surface area contributed by atoms with Crippen LogP contribution in [-0.2, 0) is 6.61 Å². The van der Waals surface area contributed by atoms with Gasteiger partial charge < -0.3 is 10.1 Å². The first kappa shape index (κ1) is 13.1. The summed E-state index contributed by atoms with van der Waals surface area (Å²) < 4.78 is 18.2. The van der Waals surface area contributed by atoms with Crippen LogP contribution in [0.4, 0.5) is 4.39 Å². The van der Waals surface area contributed by atoms with E-state index in [0.717, 1.165) is 17.8 Å². The van der Waals surface area contributed by atoms with Crippen molar-refractivity contribution >= 4 is 17.2 Å². The second-order valence-electron chi connectivity index (χ2n) is 4.62. The summed E-state index contributed by atoms with van der Waals surface area (Å²) >= 11 is 1.38. The van der Waals surface area contributed by atoms with Crippen molar-refractivity contribution in [2.45, 2.75) is 25.5 Å². The topological polar surface area (TPSA) is 51.2 Å². The monoisotopic (exact) mass is 292 g/mol. The quantitative estimate of drug-likeness (QED) is 0.922. The summed E-state index contributed by atoms with van der Waals surface area (Å²) in [5.74, 6) is 0.146. The molecule has 1 fully saturated rings. The highest BCUT2D eigenvalue weighted by Crippen LogP contribution is 2.20. The summed E-state index contributed by atoms with van der Waals surface area (Å²) in [6.45, 7) is 0.271. The number of hydrogen-bond acceptors (Lipinski definition) is 4. The zero-order valence-corrected chi connectivity index (χ0v) is 11.5. The lowest BCUT2D eigenvalue weighted by Gasteiger charge is -2.03. The van der Waals surface area contributed by atoms with E-state index in [9.17, 15) is 9.18 Å². The predicted octanol–water partition coefficient (Wildman–Crippen LogP) is 2.75. The number of carbonyl (C=O) groups is 1. The number of carbonyl (C=O) groups excluding carboxylic acids is 1. The average molecular weight is 292 g/mol. The molecular weight excluding hydrogens is 279 g/mol. The number of nitrogens with one attached hydrogen (secondary N) is 1. The Hall–Kier alpha value is -1.95. The van der Waals surface area contributed by atoms with Crippen LogP contribution in [-0.4, -0.2) is 16.9 Å². The number of nitrogens with zero attached hydrogens (tertiary/aromatic N) is 1. The van der Waals surface area contributed by atoms with Gasteiger partial charge in [-0.3, -0.25) is 4.79 Å². The lowest BCUT2D eigenvalue weighted by molar-refractivity contribution is 0.0946. The third-order valence-electron chi connectivity index (χ3n) is 2.87. The second kappa shape index (κ2) is 5.58. The van der Waals surface area contributed by atoms with E-state index in [1.54, 1.807) is 17.5 Å². The van der Waals surface area contributed by atoms with Gasteiger partial charge in [0.05, 0.1) is 0 Å². The summed E-state index contributed by atoms with van der Waals surface area (Å²) in [5, 5.41) is 5.33. The van der Waals surface area contributed by atoms with Crippen LogP contribution >= 0.6 is 11.3 Å². The van der Waals surface area contributed by atoms with Gasteiger partial charge in [0, 0.05) is 11.4 Å². The summed E-state index contributed by atoms with van der Waals surface area (Å²) in [6, 6.07) is 6.12. The molecule has 4 nitrogen and oxygen atoms in total. The third kappa shape index (κ3) is 3.33. The summed E-state index contributed by atoms with van der Waals surface area (Å²) in [4.78, 5) is 16.0. The predicted molar refractivity (Wildman–Crippen MR) is 73.3 cm³/mol. The summed E-state index contributed by atoms with van der Waals surface area (Å²) in [7, 11) is 0. The Balaban J connectivity index is 1.56. The van der Waals surface area contributed by atoms with Crippen LogP contribution in [0.5, 0.6) is 5.75 Å². The first-order chi connectivity index (χ1) is 9.70. The van der Waals surface area contributed by atoms with E-state index in [4.69, 9.17) is 4.74 Å². The second-order valence-corrected chi connectivity index (χ2v) is 5.56. The Bertz CT molecular complexity index is 608. The van der Waals surface area contributed by atoms with E-state index < -0.39 is 0 Å². The number of halogens is 1. The van der Waals surface area contributed by atoms with Gasteiger partial charge in [0.2, 0.25) is 0 Å². The normalized spacial score (nSPS) is 14.1. The highest BCUT2D eigenvalue weighted by Gasteiger charge is 2.24. The van der Waals surface area contributed by atoms with Crippen LogP contribution < -0.4 is 10.1 Å². The molecule has 0 saturated heterocycles. The Kier molecular flexibility index (Phi) is 3.64. The number of amides is 1. The van der Waals surface area contributed by atoms with E-state index >= 15 is 0 Å². The lowest BCUT2D eigenvalue weighted by Crippen LogP contribution is -2.25. The Morgan fingerprint density at radius 3 is 2.85 bits per heavy atom. The van der Waals surface area contributed by atoms with Gasteiger partial charge in [0.1, 0.15) is 28.9 Å². The Morgan fingerprint density at radius 2 is 2.15 bits per heavy atom. The van der Waals surface area contributed by atoms with Crippen LogP contribution in [0, 0.1) is 5.82 Å². The largest absolute Gasteiger partial charge is 0.486 e. The van der Waals surface area contributed by atoms with E-state index in [1.807, 2.05) is 0 Å². The summed E-state index contributed by atoms with van der Waals surface area (Å²) in [5.41, 5.74) is 0.430. The van der Waals surface area contributed by atoms with Gasteiger partial charge in [-0.05, 0) is 37.1 Å². The van der Waals surface area contributed by atoms with Crippen molar-refractivity contribution in [3.05, 3.63) is 46.2 Å². The van der Waals surface area contributed by atoms with Crippen molar-refractivity contribution in [1.82, 2.24) is 10.3 Å². The minimum absolute atomic E-state index is 0.128. The number of hydrogen-bond donors (Lipinski definition) is 1. The van der Waals surface area contributed by atoms with Crippen molar-refractivity contribution in [1.29, 1.82) is 0 Å². The molecular formula is C14H13FN2O2S. The fourth-order valence-corrected chi connectivity index (χ4v) is 2.33. The molecule has 1 aromatic carbocycles. The van der Waals surface area contributed by atoms with Crippen molar-refractivity contribution in [3.63, 3.8) is 0 Å². The number of ether oxygens (including phenoxy) is 1. The number of thiazole rings is 1. The molecule has 1 saturated carbocycles. The molecule has 0 bridgehead atoms. The van der Waals surface area contributed by atoms with Crippen LogP contribution in [0.3, 0.4) is 0 Å². The SMILES string of the molecule is O=C(NC1CC1)c1csc(COc2ccc(F)cc2)n1.